The summed E-state index contributed by atoms with van der Waals surface area (Å²) in [5.41, 5.74) is 4.85. The van der Waals surface area contributed by atoms with Crippen LogP contribution in [0.1, 0.15) is 26.3 Å². The molecule has 11 nitrogen and oxygen atoms in total. The second-order valence-corrected chi connectivity index (χ2v) is 8.12. The molecule has 0 bridgehead atoms. The Balaban J connectivity index is 1.59. The number of carbonyl (C=O) groups excluding carboxylic acids is 2. The van der Waals surface area contributed by atoms with Crippen molar-refractivity contribution in [1.29, 1.82) is 0 Å². The highest BCUT2D eigenvalue weighted by molar-refractivity contribution is 6.10. The molecule has 3 heterocycles. The van der Waals surface area contributed by atoms with Crippen molar-refractivity contribution in [2.24, 2.45) is 0 Å². The molecule has 0 amide bonds. The number of nitrogen functional groups attached to an aromatic ring is 1. The summed E-state index contributed by atoms with van der Waals surface area (Å²) in [4.78, 5) is 38.8. The van der Waals surface area contributed by atoms with Gasteiger partial charge >= 0.3 is 0 Å². The molecule has 0 spiro atoms. The number of carbonyl (C=O) groups is 2. The number of aliphatic hydroxyl groups is 3. The molecule has 1 aliphatic rings. The van der Waals surface area contributed by atoms with Gasteiger partial charge in [0.25, 0.3) is 0 Å². The van der Waals surface area contributed by atoms with E-state index in [0.717, 1.165) is 0 Å². The Labute approximate surface area is 198 Å². The van der Waals surface area contributed by atoms with Gasteiger partial charge in [0.1, 0.15) is 36.5 Å². The highest BCUT2D eigenvalue weighted by Gasteiger charge is 2.60. The van der Waals surface area contributed by atoms with Crippen LogP contribution in [-0.4, -0.2) is 71.3 Å². The standard InChI is InChI=1S/C24H21N5O6/c25-22-17-23(27-11-26-22)29(12-28-17)24(21(34)19(32)16(10-30)35-24)20(33)15-8-6-14(7-9-15)18(31)13-4-2-1-3-5-13/h1-9,11-12,16,19,21,30,32,34H,10H2,(H2,25,26,27)/t16-,19-,21-,24-/m1/s1. The molecule has 1 aliphatic heterocycles. The number of benzene rings is 2. The van der Waals surface area contributed by atoms with Gasteiger partial charge in [-0.2, -0.15) is 0 Å². The maximum absolute atomic E-state index is 13.9. The first kappa shape index (κ1) is 22.7. The number of anilines is 1. The first-order valence-corrected chi connectivity index (χ1v) is 10.7. The van der Waals surface area contributed by atoms with Gasteiger partial charge in [-0.15, -0.1) is 0 Å². The fourth-order valence-electron chi connectivity index (χ4n) is 4.28. The van der Waals surface area contributed by atoms with Crippen molar-refractivity contribution in [3.63, 3.8) is 0 Å². The summed E-state index contributed by atoms with van der Waals surface area (Å²) >= 11 is 0. The smallest absolute Gasteiger partial charge is 0.241 e. The van der Waals surface area contributed by atoms with Crippen molar-refractivity contribution in [3.05, 3.63) is 83.9 Å². The Morgan fingerprint density at radius 3 is 2.29 bits per heavy atom. The van der Waals surface area contributed by atoms with Crippen LogP contribution in [-0.2, 0) is 10.5 Å². The number of ketones is 2. The lowest BCUT2D eigenvalue weighted by Gasteiger charge is -2.32. The predicted octanol–water partition coefficient (Wildman–Crippen LogP) is 0.288. The third kappa shape index (κ3) is 3.49. The summed E-state index contributed by atoms with van der Waals surface area (Å²) in [6.45, 7) is -0.651. The van der Waals surface area contributed by atoms with Crippen LogP contribution >= 0.6 is 0 Å². The summed E-state index contributed by atoms with van der Waals surface area (Å²) in [6, 6.07) is 14.5. The Kier molecular flexibility index (Phi) is 5.61. The van der Waals surface area contributed by atoms with Crippen LogP contribution in [0.5, 0.6) is 0 Å². The first-order valence-electron chi connectivity index (χ1n) is 10.7. The van der Waals surface area contributed by atoms with Gasteiger partial charge in [0.15, 0.2) is 17.2 Å². The van der Waals surface area contributed by atoms with Gasteiger partial charge in [-0.05, 0) is 0 Å². The number of rotatable bonds is 6. The fourth-order valence-corrected chi connectivity index (χ4v) is 4.28. The fraction of sp³-hybridized carbons (Fsp3) is 0.208. The number of Topliss-reactive ketones (excluding diaryl/α,β-unsaturated/α-hetero) is 1. The molecule has 1 saturated heterocycles. The van der Waals surface area contributed by atoms with Crippen molar-refractivity contribution in [1.82, 2.24) is 19.5 Å². The van der Waals surface area contributed by atoms with E-state index in [9.17, 15) is 24.9 Å². The molecule has 0 aliphatic carbocycles. The van der Waals surface area contributed by atoms with Crippen LogP contribution in [0.25, 0.3) is 11.2 Å². The largest absolute Gasteiger partial charge is 0.394 e. The summed E-state index contributed by atoms with van der Waals surface area (Å²) in [5, 5.41) is 31.3. The summed E-state index contributed by atoms with van der Waals surface area (Å²) in [6.07, 6.45) is -2.26. The predicted molar refractivity (Wildman–Crippen MR) is 122 cm³/mol. The zero-order chi connectivity index (χ0) is 24.7. The molecule has 1 fully saturated rings. The summed E-state index contributed by atoms with van der Waals surface area (Å²) in [5.74, 6) is -0.915. The minimum Gasteiger partial charge on any atom is -0.394 e. The van der Waals surface area contributed by atoms with Gasteiger partial charge in [-0.25, -0.2) is 15.0 Å². The molecule has 5 N–H and O–H groups in total. The van der Waals surface area contributed by atoms with E-state index >= 15 is 0 Å². The molecule has 4 atom stereocenters. The normalized spacial score (nSPS) is 24.0. The molecule has 178 valence electrons. The van der Waals surface area contributed by atoms with Crippen LogP contribution in [0, 0.1) is 0 Å². The third-order valence-electron chi connectivity index (χ3n) is 6.11. The van der Waals surface area contributed by atoms with E-state index in [2.05, 4.69) is 15.0 Å². The van der Waals surface area contributed by atoms with Crippen molar-refractivity contribution >= 4 is 28.5 Å². The number of ether oxygens (including phenoxy) is 1. The highest BCUT2D eigenvalue weighted by Crippen LogP contribution is 2.40. The molecule has 0 unspecified atom stereocenters. The van der Waals surface area contributed by atoms with E-state index in [4.69, 9.17) is 10.5 Å². The van der Waals surface area contributed by atoms with Gasteiger partial charge in [0, 0.05) is 16.7 Å². The SMILES string of the molecule is Nc1ncnc2c1ncn2[C@]1(C(=O)c2ccc(C(=O)c3ccccc3)cc2)O[C@H](CO)[C@@H](O)[C@H]1O. The Hall–Kier alpha value is -4.03. The third-order valence-corrected chi connectivity index (χ3v) is 6.11. The van der Waals surface area contributed by atoms with E-state index in [0.29, 0.717) is 11.1 Å². The van der Waals surface area contributed by atoms with Crippen molar-refractivity contribution in [2.75, 3.05) is 12.3 Å². The lowest BCUT2D eigenvalue weighted by Crippen LogP contribution is -2.51. The van der Waals surface area contributed by atoms with Crippen molar-refractivity contribution < 1.29 is 29.6 Å². The number of nitrogens with zero attached hydrogens (tertiary/aromatic N) is 4. The van der Waals surface area contributed by atoms with Gasteiger partial charge in [0.05, 0.1) is 6.61 Å². The van der Waals surface area contributed by atoms with Gasteiger partial charge < -0.3 is 25.8 Å². The zero-order valence-electron chi connectivity index (χ0n) is 18.2. The van der Waals surface area contributed by atoms with E-state index in [-0.39, 0.29) is 28.3 Å². The maximum Gasteiger partial charge on any atom is 0.241 e. The lowest BCUT2D eigenvalue weighted by atomic mass is 9.92. The molecule has 11 heteroatoms. The number of hydrogen-bond acceptors (Lipinski definition) is 10. The van der Waals surface area contributed by atoms with Crippen molar-refractivity contribution in [2.45, 2.75) is 24.0 Å². The van der Waals surface area contributed by atoms with Crippen LogP contribution < -0.4 is 5.73 Å². The molecule has 2 aromatic heterocycles. The van der Waals surface area contributed by atoms with Crippen LogP contribution in [0.4, 0.5) is 5.82 Å². The molecule has 0 radical (unpaired) electrons. The monoisotopic (exact) mass is 475 g/mol. The molecule has 4 aromatic rings. The Morgan fingerprint density at radius 2 is 1.63 bits per heavy atom. The molecule has 0 saturated carbocycles. The molecule has 2 aromatic carbocycles. The molecule has 35 heavy (non-hydrogen) atoms. The van der Waals surface area contributed by atoms with Crippen LogP contribution in [0.2, 0.25) is 0 Å². The summed E-state index contributed by atoms with van der Waals surface area (Å²) < 4.78 is 7.01. The van der Waals surface area contributed by atoms with Gasteiger partial charge in [0.2, 0.25) is 11.5 Å². The van der Waals surface area contributed by atoms with E-state index in [1.165, 1.54) is 41.5 Å². The number of fused-ring (bicyclic) bond motifs is 1. The molecule has 5 rings (SSSR count). The average molecular weight is 475 g/mol. The highest BCUT2D eigenvalue weighted by atomic mass is 16.6. The van der Waals surface area contributed by atoms with Crippen LogP contribution in [0.15, 0.2) is 67.3 Å². The van der Waals surface area contributed by atoms with Gasteiger partial charge in [-0.3, -0.25) is 14.2 Å². The number of hydrogen-bond donors (Lipinski definition) is 4. The van der Waals surface area contributed by atoms with Crippen LogP contribution in [0.3, 0.4) is 0 Å². The van der Waals surface area contributed by atoms with E-state index in [1.807, 2.05) is 0 Å². The van der Waals surface area contributed by atoms with Crippen molar-refractivity contribution in [3.8, 4) is 0 Å². The minimum absolute atomic E-state index is 0.0480. The number of nitrogens with two attached hydrogens (primary N) is 1. The Morgan fingerprint density at radius 1 is 0.971 bits per heavy atom. The second kappa shape index (κ2) is 8.64. The second-order valence-electron chi connectivity index (χ2n) is 8.12. The number of imidazole rings is 1. The number of aliphatic hydroxyl groups excluding tert-OH is 3. The van der Waals surface area contributed by atoms with Gasteiger partial charge in [-0.1, -0.05) is 54.6 Å². The minimum atomic E-state index is -2.21. The molecular formula is C24H21N5O6. The van der Waals surface area contributed by atoms with E-state index in [1.54, 1.807) is 30.3 Å². The quantitative estimate of drug-likeness (QED) is 0.284. The number of aromatic nitrogens is 4. The zero-order valence-corrected chi connectivity index (χ0v) is 18.2. The Bertz CT molecular complexity index is 1410. The molecular weight excluding hydrogens is 454 g/mol. The lowest BCUT2D eigenvalue weighted by molar-refractivity contribution is -0.113. The average Bonchev–Trinajstić information content (AvgIpc) is 3.44. The topological polar surface area (TPSA) is 174 Å². The summed E-state index contributed by atoms with van der Waals surface area (Å²) in [7, 11) is 0. The maximum atomic E-state index is 13.9. The van der Waals surface area contributed by atoms with E-state index < -0.39 is 36.4 Å². The first-order chi connectivity index (χ1) is 16.9.